The van der Waals surface area contributed by atoms with E-state index in [2.05, 4.69) is 21.2 Å². The number of amides is 1. The summed E-state index contributed by atoms with van der Waals surface area (Å²) in [5, 5.41) is 10.4. The van der Waals surface area contributed by atoms with Crippen molar-refractivity contribution in [3.63, 3.8) is 0 Å². The van der Waals surface area contributed by atoms with Crippen LogP contribution in [0.1, 0.15) is 36.6 Å². The monoisotopic (exact) mass is 466 g/mol. The Balaban J connectivity index is 1.72. The number of benzene rings is 2. The molecular weight excluding hydrogens is 440 g/mol. The van der Waals surface area contributed by atoms with Gasteiger partial charge in [-0.2, -0.15) is 5.10 Å². The zero-order valence-corrected chi connectivity index (χ0v) is 19.5. The number of aryl methyl sites for hydroxylation is 1. The lowest BCUT2D eigenvalue weighted by atomic mass is 9.95. The first-order valence-electron chi connectivity index (χ1n) is 10.4. The van der Waals surface area contributed by atoms with Gasteiger partial charge in [0.15, 0.2) is 11.7 Å². The SMILES string of the molecule is CCOC(=O)C1=C(C)NC(=S)N[C@@H]1c1ccccc1OCC(=O)NN=Cc1cccc(C)c1. The van der Waals surface area contributed by atoms with Gasteiger partial charge in [0, 0.05) is 11.3 Å². The van der Waals surface area contributed by atoms with E-state index in [-0.39, 0.29) is 13.2 Å². The lowest BCUT2D eigenvalue weighted by Crippen LogP contribution is -2.45. The van der Waals surface area contributed by atoms with Crippen molar-refractivity contribution in [2.45, 2.75) is 26.8 Å². The van der Waals surface area contributed by atoms with Gasteiger partial charge in [-0.05, 0) is 44.6 Å². The fraction of sp³-hybridized carbons (Fsp3) is 0.250. The maximum atomic E-state index is 12.6. The van der Waals surface area contributed by atoms with Crippen molar-refractivity contribution >= 4 is 35.4 Å². The molecule has 1 aliphatic heterocycles. The molecule has 0 unspecified atom stereocenters. The van der Waals surface area contributed by atoms with E-state index in [1.165, 1.54) is 0 Å². The fourth-order valence-electron chi connectivity index (χ4n) is 3.36. The Morgan fingerprint density at radius 3 is 2.73 bits per heavy atom. The molecule has 172 valence electrons. The Kier molecular flexibility index (Phi) is 8.15. The summed E-state index contributed by atoms with van der Waals surface area (Å²) in [6.45, 7) is 5.47. The first-order chi connectivity index (χ1) is 15.9. The Hall–Kier alpha value is -3.72. The second-order valence-electron chi connectivity index (χ2n) is 7.32. The van der Waals surface area contributed by atoms with Crippen molar-refractivity contribution in [2.24, 2.45) is 5.10 Å². The molecule has 0 spiro atoms. The van der Waals surface area contributed by atoms with Crippen LogP contribution in [0.4, 0.5) is 0 Å². The quantitative estimate of drug-likeness (QED) is 0.238. The molecule has 1 amide bonds. The van der Waals surface area contributed by atoms with E-state index < -0.39 is 17.9 Å². The van der Waals surface area contributed by atoms with Gasteiger partial charge < -0.3 is 20.1 Å². The van der Waals surface area contributed by atoms with Gasteiger partial charge in [0.05, 0.1) is 24.4 Å². The third-order valence-electron chi connectivity index (χ3n) is 4.80. The average Bonchev–Trinajstić information content (AvgIpc) is 2.77. The van der Waals surface area contributed by atoms with E-state index in [4.69, 9.17) is 21.7 Å². The highest BCUT2D eigenvalue weighted by Crippen LogP contribution is 2.33. The van der Waals surface area contributed by atoms with Gasteiger partial charge in [-0.15, -0.1) is 0 Å². The van der Waals surface area contributed by atoms with Crippen LogP contribution in [0.3, 0.4) is 0 Å². The Morgan fingerprint density at radius 2 is 1.97 bits per heavy atom. The zero-order chi connectivity index (χ0) is 23.8. The predicted octanol–water partition coefficient (Wildman–Crippen LogP) is 2.88. The highest BCUT2D eigenvalue weighted by atomic mass is 32.1. The van der Waals surface area contributed by atoms with Gasteiger partial charge in [-0.1, -0.05) is 48.0 Å². The number of nitrogens with zero attached hydrogens (tertiary/aromatic N) is 1. The van der Waals surface area contributed by atoms with Gasteiger partial charge in [-0.3, -0.25) is 4.79 Å². The second kappa shape index (κ2) is 11.2. The molecule has 1 aliphatic rings. The maximum Gasteiger partial charge on any atom is 0.338 e. The molecule has 0 aliphatic carbocycles. The van der Waals surface area contributed by atoms with Crippen molar-refractivity contribution in [3.8, 4) is 5.75 Å². The normalized spacial score (nSPS) is 15.6. The number of carbonyl (C=O) groups excluding carboxylic acids is 2. The number of nitrogens with one attached hydrogen (secondary N) is 3. The first-order valence-corrected chi connectivity index (χ1v) is 10.9. The number of hydrazone groups is 1. The number of hydrogen-bond donors (Lipinski definition) is 3. The molecule has 0 bridgehead atoms. The third kappa shape index (κ3) is 6.39. The molecule has 0 aromatic heterocycles. The first kappa shape index (κ1) is 23.9. The largest absolute Gasteiger partial charge is 0.483 e. The lowest BCUT2D eigenvalue weighted by molar-refractivity contribution is -0.139. The van der Waals surface area contributed by atoms with Crippen LogP contribution in [-0.4, -0.2) is 36.4 Å². The molecule has 8 nitrogen and oxygen atoms in total. The Labute approximate surface area is 198 Å². The summed E-state index contributed by atoms with van der Waals surface area (Å²) < 4.78 is 11.0. The van der Waals surface area contributed by atoms with Crippen LogP contribution in [0.25, 0.3) is 0 Å². The van der Waals surface area contributed by atoms with Crippen LogP contribution in [0.15, 0.2) is 64.9 Å². The van der Waals surface area contributed by atoms with E-state index in [1.54, 1.807) is 38.3 Å². The van der Waals surface area contributed by atoms with Crippen molar-refractivity contribution < 1.29 is 19.1 Å². The van der Waals surface area contributed by atoms with Crippen LogP contribution >= 0.6 is 12.2 Å². The summed E-state index contributed by atoms with van der Waals surface area (Å²) in [5.74, 6) is -0.438. The molecule has 0 saturated carbocycles. The summed E-state index contributed by atoms with van der Waals surface area (Å²) >= 11 is 5.28. The van der Waals surface area contributed by atoms with Crippen LogP contribution in [-0.2, 0) is 14.3 Å². The minimum absolute atomic E-state index is 0.244. The van der Waals surface area contributed by atoms with E-state index in [0.29, 0.717) is 27.7 Å². The average molecular weight is 467 g/mol. The molecule has 1 heterocycles. The van der Waals surface area contributed by atoms with E-state index in [0.717, 1.165) is 11.1 Å². The van der Waals surface area contributed by atoms with Crippen molar-refractivity contribution in [3.05, 3.63) is 76.5 Å². The highest BCUT2D eigenvalue weighted by Gasteiger charge is 2.32. The van der Waals surface area contributed by atoms with Crippen molar-refractivity contribution in [1.82, 2.24) is 16.1 Å². The minimum atomic E-state index is -0.587. The van der Waals surface area contributed by atoms with Gasteiger partial charge in [0.1, 0.15) is 5.75 Å². The minimum Gasteiger partial charge on any atom is -0.483 e. The summed E-state index contributed by atoms with van der Waals surface area (Å²) in [6, 6.07) is 14.3. The number of carbonyl (C=O) groups is 2. The number of thiocarbonyl (C=S) groups is 1. The molecule has 2 aromatic carbocycles. The lowest BCUT2D eigenvalue weighted by Gasteiger charge is -2.30. The molecule has 3 rings (SSSR count). The fourth-order valence-corrected chi connectivity index (χ4v) is 3.63. The predicted molar refractivity (Wildman–Crippen MR) is 130 cm³/mol. The van der Waals surface area contributed by atoms with Crippen LogP contribution in [0.5, 0.6) is 5.75 Å². The maximum absolute atomic E-state index is 12.6. The Bertz CT molecular complexity index is 1110. The number of esters is 1. The van der Waals surface area contributed by atoms with Crippen molar-refractivity contribution in [1.29, 1.82) is 0 Å². The smallest absolute Gasteiger partial charge is 0.338 e. The molecule has 9 heteroatoms. The topological polar surface area (TPSA) is 101 Å². The van der Waals surface area contributed by atoms with E-state index in [9.17, 15) is 9.59 Å². The van der Waals surface area contributed by atoms with Crippen LogP contribution in [0, 0.1) is 6.92 Å². The van der Waals surface area contributed by atoms with Gasteiger partial charge in [0.2, 0.25) is 0 Å². The molecule has 0 saturated heterocycles. The Morgan fingerprint density at radius 1 is 1.18 bits per heavy atom. The molecule has 33 heavy (non-hydrogen) atoms. The van der Waals surface area contributed by atoms with E-state index in [1.807, 2.05) is 37.3 Å². The summed E-state index contributed by atoms with van der Waals surface area (Å²) in [7, 11) is 0. The van der Waals surface area contributed by atoms with Gasteiger partial charge >= 0.3 is 5.97 Å². The van der Waals surface area contributed by atoms with Crippen LogP contribution in [0.2, 0.25) is 0 Å². The molecule has 0 radical (unpaired) electrons. The summed E-state index contributed by atoms with van der Waals surface area (Å²) in [5.41, 5.74) is 6.08. The summed E-state index contributed by atoms with van der Waals surface area (Å²) in [4.78, 5) is 24.9. The molecule has 3 N–H and O–H groups in total. The van der Waals surface area contributed by atoms with E-state index >= 15 is 0 Å². The molecule has 1 atom stereocenters. The molecule has 0 fully saturated rings. The molecule has 2 aromatic rings. The number of hydrogen-bond acceptors (Lipinski definition) is 6. The number of ether oxygens (including phenoxy) is 2. The standard InChI is InChI=1S/C24H26N4O4S/c1-4-31-23(30)21-16(3)26-24(33)27-22(21)18-10-5-6-11-19(18)32-14-20(29)28-25-13-17-9-7-8-15(2)12-17/h5-13,22H,4,14H2,1-3H3,(H,28,29)(H2,26,27,33)/t22-/m1/s1. The third-order valence-corrected chi connectivity index (χ3v) is 5.02. The number of rotatable bonds is 8. The van der Waals surface area contributed by atoms with Gasteiger partial charge in [-0.25, -0.2) is 10.2 Å². The second-order valence-corrected chi connectivity index (χ2v) is 7.73. The number of allylic oxidation sites excluding steroid dienone is 1. The highest BCUT2D eigenvalue weighted by molar-refractivity contribution is 7.80. The number of para-hydroxylation sites is 1. The van der Waals surface area contributed by atoms with Gasteiger partial charge in [0.25, 0.3) is 5.91 Å². The van der Waals surface area contributed by atoms with Crippen LogP contribution < -0.4 is 20.8 Å². The van der Waals surface area contributed by atoms with Crippen molar-refractivity contribution in [2.75, 3.05) is 13.2 Å². The summed E-state index contributed by atoms with van der Waals surface area (Å²) in [6.07, 6.45) is 1.57. The zero-order valence-electron chi connectivity index (χ0n) is 18.7. The molecular formula is C24H26N4O4S.